The molecule has 0 N–H and O–H groups in total. The largest absolute Gasteiger partial charge is 0.466 e. The summed E-state index contributed by atoms with van der Waals surface area (Å²) >= 11 is 0. The molecule has 4 unspecified atom stereocenters. The second-order valence-electron chi connectivity index (χ2n) is 14.6. The maximum Gasteiger partial charge on any atom is 0.414 e. The molecule has 0 aliphatic carbocycles. The molecule has 3 fully saturated rings. The lowest BCUT2D eigenvalue weighted by Crippen LogP contribution is -2.64. The van der Waals surface area contributed by atoms with Gasteiger partial charge in [-0.25, -0.2) is 8.42 Å². The summed E-state index contributed by atoms with van der Waals surface area (Å²) in [7, 11) is -4.22. The quantitative estimate of drug-likeness (QED) is 0.0608. The number of ether oxygens (including phenoxy) is 3. The third kappa shape index (κ3) is 9.13. The van der Waals surface area contributed by atoms with E-state index in [0.717, 1.165) is 37.3 Å². The van der Waals surface area contributed by atoms with Gasteiger partial charge in [-0.1, -0.05) is 48.5 Å². The second kappa shape index (κ2) is 17.7. The number of sulfone groups is 1. The number of hydrogen-bond donors (Lipinski definition) is 0. The number of benzene rings is 3. The van der Waals surface area contributed by atoms with Crippen LogP contribution in [0.1, 0.15) is 63.4 Å². The highest BCUT2D eigenvalue weighted by Crippen LogP contribution is 2.44. The number of carbonyl (C=O) groups excluding carboxylic acids is 2. The van der Waals surface area contributed by atoms with E-state index in [2.05, 4.69) is 49.9 Å². The molecule has 3 saturated heterocycles. The van der Waals surface area contributed by atoms with Crippen LogP contribution in [0.2, 0.25) is 0 Å². The first-order chi connectivity index (χ1) is 26.8. The minimum absolute atomic E-state index is 0.00204. The zero-order chi connectivity index (χ0) is 38.2. The molecular weight excluding hydrogens is 725 g/mol. The second-order valence-corrected chi connectivity index (χ2v) is 16.4. The maximum atomic E-state index is 12.9. The molecule has 3 aromatic carbocycles. The van der Waals surface area contributed by atoms with Crippen molar-refractivity contribution in [3.05, 3.63) is 95.7 Å². The molecule has 0 amide bonds. The van der Waals surface area contributed by atoms with Gasteiger partial charge in [0.25, 0.3) is 9.84 Å². The van der Waals surface area contributed by atoms with E-state index in [1.165, 1.54) is 68.7 Å². The van der Waals surface area contributed by atoms with Crippen molar-refractivity contribution in [3.63, 3.8) is 0 Å². The van der Waals surface area contributed by atoms with Crippen molar-refractivity contribution in [1.82, 2.24) is 10.1 Å². The molecule has 3 aliphatic heterocycles. The Bertz CT molecular complexity index is 1990. The predicted molar refractivity (Wildman–Crippen MR) is 201 cm³/mol. The first-order valence-corrected chi connectivity index (χ1v) is 20.8. The molecule has 13 nitrogen and oxygen atoms in total. The van der Waals surface area contributed by atoms with E-state index in [9.17, 15) is 23.2 Å². The van der Waals surface area contributed by atoms with Crippen LogP contribution in [0.4, 0.5) is 5.69 Å². The van der Waals surface area contributed by atoms with Gasteiger partial charge in [0.2, 0.25) is 0 Å². The molecule has 3 aliphatic rings. The first-order valence-electron chi connectivity index (χ1n) is 19.3. The Morgan fingerprint density at radius 1 is 0.873 bits per heavy atom. The summed E-state index contributed by atoms with van der Waals surface area (Å²) in [6.45, 7) is 3.90. The number of para-hydroxylation sites is 1. The maximum absolute atomic E-state index is 12.9. The topological polar surface area (TPSA) is 155 Å². The Labute approximate surface area is 321 Å². The fraction of sp³-hybridized carbons (Fsp3) is 0.463. The number of rotatable bonds is 16. The fourth-order valence-electron chi connectivity index (χ4n) is 8.61. The number of aromatic nitrogens is 2. The summed E-state index contributed by atoms with van der Waals surface area (Å²) < 4.78 is 46.8. The lowest BCUT2D eigenvalue weighted by Gasteiger charge is -2.58. The van der Waals surface area contributed by atoms with Crippen LogP contribution in [0.15, 0.2) is 99.5 Å². The summed E-state index contributed by atoms with van der Waals surface area (Å²) in [5, 5.41) is 14.8. The molecule has 4 aromatic rings. The van der Waals surface area contributed by atoms with E-state index in [-0.39, 0.29) is 29.2 Å². The van der Waals surface area contributed by atoms with Gasteiger partial charge in [-0.3, -0.25) is 19.1 Å². The number of hydrogen-bond acceptors (Lipinski definition) is 12. The van der Waals surface area contributed by atoms with Crippen molar-refractivity contribution >= 4 is 27.5 Å². The van der Waals surface area contributed by atoms with E-state index < -0.39 is 32.7 Å². The molecule has 292 valence electrons. The van der Waals surface area contributed by atoms with Crippen LogP contribution in [0.25, 0.3) is 0 Å². The Hall–Kier alpha value is -4.95. The molecule has 4 atom stereocenters. The van der Waals surface area contributed by atoms with Crippen LogP contribution < -0.4 is 19.3 Å². The summed E-state index contributed by atoms with van der Waals surface area (Å²) in [4.78, 5) is 30.1. The molecule has 0 saturated carbocycles. The Kier molecular flexibility index (Phi) is 12.3. The van der Waals surface area contributed by atoms with E-state index in [1.807, 2.05) is 0 Å². The van der Waals surface area contributed by atoms with Crippen molar-refractivity contribution in [2.45, 2.75) is 86.2 Å². The molecular formula is C41H48N4O9S. The van der Waals surface area contributed by atoms with Crippen LogP contribution in [-0.2, 0) is 30.6 Å². The molecule has 1 aromatic heterocycles. The molecule has 4 heterocycles. The monoisotopic (exact) mass is 772 g/mol. The van der Waals surface area contributed by atoms with Crippen molar-refractivity contribution in [2.24, 2.45) is 11.8 Å². The molecule has 0 bridgehead atoms. The van der Waals surface area contributed by atoms with Gasteiger partial charge in [-0.2, -0.15) is 0 Å². The third-order valence-electron chi connectivity index (χ3n) is 11.1. The number of piperidine rings is 3. The Balaban J connectivity index is 0.813. The lowest BCUT2D eigenvalue weighted by atomic mass is 9.69. The van der Waals surface area contributed by atoms with Gasteiger partial charge in [0, 0.05) is 30.7 Å². The molecule has 7 rings (SSSR count). The highest BCUT2D eigenvalue weighted by Gasteiger charge is 2.48. The van der Waals surface area contributed by atoms with E-state index in [4.69, 9.17) is 14.2 Å². The van der Waals surface area contributed by atoms with Gasteiger partial charge in [0.05, 0.1) is 36.1 Å². The molecule has 0 spiro atoms. The van der Waals surface area contributed by atoms with Gasteiger partial charge in [0.15, 0.2) is 0 Å². The Morgan fingerprint density at radius 2 is 1.58 bits per heavy atom. The van der Waals surface area contributed by atoms with Crippen LogP contribution in [0.3, 0.4) is 0 Å². The van der Waals surface area contributed by atoms with Crippen molar-refractivity contribution < 1.29 is 41.7 Å². The van der Waals surface area contributed by atoms with Crippen molar-refractivity contribution in [2.75, 3.05) is 37.7 Å². The van der Waals surface area contributed by atoms with Crippen LogP contribution in [0.5, 0.6) is 11.6 Å². The highest BCUT2D eigenvalue weighted by atomic mass is 32.2. The number of unbranched alkanes of at least 4 members (excludes halogenated alkanes) is 1. The Morgan fingerprint density at radius 3 is 2.35 bits per heavy atom. The normalized spacial score (nSPS) is 21.1. The summed E-state index contributed by atoms with van der Waals surface area (Å²) in [6.07, 6.45) is 8.13. The summed E-state index contributed by atoms with van der Waals surface area (Å²) in [5.41, 5.74) is 2.11. The lowest BCUT2D eigenvalue weighted by molar-refractivity contribution is -0.832. The average molecular weight is 773 g/mol. The van der Waals surface area contributed by atoms with Gasteiger partial charge in [-0.15, -0.1) is 0 Å². The van der Waals surface area contributed by atoms with Gasteiger partial charge >= 0.3 is 22.8 Å². The smallest absolute Gasteiger partial charge is 0.414 e. The predicted octanol–water partition coefficient (Wildman–Crippen LogP) is 5.54. The van der Waals surface area contributed by atoms with E-state index in [1.54, 1.807) is 30.3 Å². The SMILES string of the molecule is O=C(CCC(=O)Oc1ccc(CCOc2no[n+]([O-])c2S(=O)(=O)c2ccccc2)cc1)OCCCCC1C2CCCN3CCCC(CN1c1ccccc1)C23. The summed E-state index contributed by atoms with van der Waals surface area (Å²) in [5.74, 6) is 0.301. The highest BCUT2D eigenvalue weighted by molar-refractivity contribution is 7.91. The van der Waals surface area contributed by atoms with Gasteiger partial charge < -0.3 is 24.3 Å². The van der Waals surface area contributed by atoms with Gasteiger partial charge in [0.1, 0.15) is 5.75 Å². The number of esters is 2. The zero-order valence-electron chi connectivity index (χ0n) is 30.9. The third-order valence-corrected chi connectivity index (χ3v) is 12.8. The average Bonchev–Trinajstić information content (AvgIpc) is 3.59. The van der Waals surface area contributed by atoms with E-state index >= 15 is 0 Å². The minimum Gasteiger partial charge on any atom is -0.466 e. The number of anilines is 1. The fourth-order valence-corrected chi connectivity index (χ4v) is 9.91. The zero-order valence-corrected chi connectivity index (χ0v) is 31.7. The van der Waals surface area contributed by atoms with Crippen molar-refractivity contribution in [3.8, 4) is 11.6 Å². The van der Waals surface area contributed by atoms with Crippen LogP contribution in [-0.4, -0.2) is 75.3 Å². The van der Waals surface area contributed by atoms with E-state index in [0.29, 0.717) is 36.8 Å². The van der Waals surface area contributed by atoms with Crippen LogP contribution in [0, 0.1) is 17.0 Å². The van der Waals surface area contributed by atoms with Crippen LogP contribution >= 0.6 is 0 Å². The van der Waals surface area contributed by atoms with Gasteiger partial charge in [-0.05, 0) is 117 Å². The molecule has 0 radical (unpaired) electrons. The summed E-state index contributed by atoms with van der Waals surface area (Å²) in [6, 6.07) is 26.1. The number of nitrogens with zero attached hydrogens (tertiary/aromatic N) is 4. The first kappa shape index (κ1) is 38.3. The van der Waals surface area contributed by atoms with Crippen molar-refractivity contribution in [1.29, 1.82) is 0 Å². The molecule has 14 heteroatoms. The molecule has 55 heavy (non-hydrogen) atoms. The minimum atomic E-state index is -4.22. The number of carbonyl (C=O) groups is 2. The standard InChI is InChI=1S/C41H48N4O9S/c46-37(51-27-8-7-17-36-35-16-10-26-43-25-9-11-31(39(35)43)29-44(36)32-12-3-1-4-13-32)22-23-38(47)53-33-20-18-30(19-21-33)24-28-52-40-41(45(48)54-42-40)55(49,50)34-14-5-2-6-15-34/h1-6,12-15,18-21,31,35-36,39H,7-11,16-17,22-29H2.